The summed E-state index contributed by atoms with van der Waals surface area (Å²) in [6.45, 7) is 0. The van der Waals surface area contributed by atoms with Crippen molar-refractivity contribution in [2.75, 3.05) is 7.11 Å². The van der Waals surface area contributed by atoms with Gasteiger partial charge in [-0.15, -0.1) is 0 Å². The summed E-state index contributed by atoms with van der Waals surface area (Å²) < 4.78 is 5.14. The largest absolute Gasteiger partial charge is 0.497 e. The first-order valence-electron chi connectivity index (χ1n) is 5.03. The minimum absolute atomic E-state index is 0.125. The first-order valence-corrected chi connectivity index (χ1v) is 5.03. The lowest BCUT2D eigenvalue weighted by Crippen LogP contribution is -2.12. The summed E-state index contributed by atoms with van der Waals surface area (Å²) in [4.78, 5) is 10.8. The molecular weight excluding hydrogens is 192 g/mol. The number of aliphatic carboxylic acids is 1. The highest BCUT2D eigenvalue weighted by Crippen LogP contribution is 2.51. The van der Waals surface area contributed by atoms with Crippen molar-refractivity contribution >= 4 is 5.97 Å². The molecule has 80 valence electrons. The van der Waals surface area contributed by atoms with Crippen LogP contribution in [0, 0.1) is 0 Å². The predicted octanol–water partition coefficient (Wildman–Crippen LogP) is 2.20. The first kappa shape index (κ1) is 10.0. The van der Waals surface area contributed by atoms with Gasteiger partial charge in [0.25, 0.3) is 0 Å². The topological polar surface area (TPSA) is 46.5 Å². The summed E-state index contributed by atoms with van der Waals surface area (Å²) in [5.74, 6) is 0.0690. The van der Waals surface area contributed by atoms with E-state index >= 15 is 0 Å². The van der Waals surface area contributed by atoms with E-state index in [-0.39, 0.29) is 11.8 Å². The lowest BCUT2D eigenvalue weighted by atomic mass is 9.92. The number of ether oxygens (including phenoxy) is 1. The Kier molecular flexibility index (Phi) is 2.39. The Morgan fingerprint density at radius 2 is 2.27 bits per heavy atom. The van der Waals surface area contributed by atoms with Gasteiger partial charge < -0.3 is 9.84 Å². The molecule has 0 saturated heterocycles. The zero-order valence-corrected chi connectivity index (χ0v) is 8.69. The fourth-order valence-corrected chi connectivity index (χ4v) is 1.96. The molecule has 1 aliphatic rings. The van der Waals surface area contributed by atoms with Crippen LogP contribution >= 0.6 is 0 Å². The van der Waals surface area contributed by atoms with Gasteiger partial charge in [-0.3, -0.25) is 4.79 Å². The number of carboxylic acid groups (broad SMARTS) is 1. The number of hydrogen-bond acceptors (Lipinski definition) is 2. The molecule has 1 saturated carbocycles. The standard InChI is InChI=1S/C12H14O3/c1-15-10-4-2-3-9(7-10)12(5-6-12)8-11(13)14/h2-4,7H,5-6,8H2,1H3,(H,13,14). The van der Waals surface area contributed by atoms with Gasteiger partial charge in [0.2, 0.25) is 0 Å². The van der Waals surface area contributed by atoms with E-state index in [0.717, 1.165) is 24.2 Å². The van der Waals surface area contributed by atoms with Crippen LogP contribution < -0.4 is 4.74 Å². The first-order chi connectivity index (χ1) is 7.16. The Morgan fingerprint density at radius 1 is 1.53 bits per heavy atom. The third-order valence-electron chi connectivity index (χ3n) is 3.03. The maximum Gasteiger partial charge on any atom is 0.304 e. The van der Waals surface area contributed by atoms with Crippen LogP contribution in [-0.4, -0.2) is 18.2 Å². The molecule has 1 N–H and O–H groups in total. The van der Waals surface area contributed by atoms with Crippen molar-refractivity contribution < 1.29 is 14.6 Å². The second kappa shape index (κ2) is 3.57. The molecule has 0 amide bonds. The predicted molar refractivity (Wildman–Crippen MR) is 56.2 cm³/mol. The summed E-state index contributed by atoms with van der Waals surface area (Å²) in [6, 6.07) is 7.71. The molecular formula is C12H14O3. The lowest BCUT2D eigenvalue weighted by Gasteiger charge is -2.13. The van der Waals surface area contributed by atoms with E-state index in [1.165, 1.54) is 0 Å². The molecule has 1 fully saturated rings. The average Bonchev–Trinajstić information content (AvgIpc) is 2.98. The molecule has 0 unspecified atom stereocenters. The third-order valence-corrected chi connectivity index (χ3v) is 3.03. The van der Waals surface area contributed by atoms with Crippen LogP contribution in [0.2, 0.25) is 0 Å². The fourth-order valence-electron chi connectivity index (χ4n) is 1.96. The Hall–Kier alpha value is -1.51. The van der Waals surface area contributed by atoms with Gasteiger partial charge >= 0.3 is 5.97 Å². The highest BCUT2D eigenvalue weighted by atomic mass is 16.5. The van der Waals surface area contributed by atoms with Crippen LogP contribution in [0.4, 0.5) is 0 Å². The maximum absolute atomic E-state index is 10.8. The van der Waals surface area contributed by atoms with Crippen LogP contribution in [0.5, 0.6) is 5.75 Å². The van der Waals surface area contributed by atoms with Gasteiger partial charge in [-0.1, -0.05) is 12.1 Å². The molecule has 0 heterocycles. The van der Waals surface area contributed by atoms with Crippen molar-refractivity contribution in [2.45, 2.75) is 24.7 Å². The van der Waals surface area contributed by atoms with Crippen LogP contribution in [0.3, 0.4) is 0 Å². The molecule has 0 bridgehead atoms. The van der Waals surface area contributed by atoms with Crippen LogP contribution in [0.15, 0.2) is 24.3 Å². The summed E-state index contributed by atoms with van der Waals surface area (Å²) in [5, 5.41) is 8.85. The maximum atomic E-state index is 10.8. The Bertz CT molecular complexity index is 380. The van der Waals surface area contributed by atoms with Crippen molar-refractivity contribution in [3.05, 3.63) is 29.8 Å². The van der Waals surface area contributed by atoms with E-state index in [4.69, 9.17) is 9.84 Å². The van der Waals surface area contributed by atoms with E-state index in [9.17, 15) is 4.79 Å². The Balaban J connectivity index is 2.25. The van der Waals surface area contributed by atoms with Gasteiger partial charge in [-0.25, -0.2) is 0 Å². The normalized spacial score (nSPS) is 17.1. The number of carbonyl (C=O) groups is 1. The summed E-state index contributed by atoms with van der Waals surface area (Å²) in [6.07, 6.45) is 2.15. The molecule has 0 spiro atoms. The molecule has 2 rings (SSSR count). The number of carboxylic acids is 1. The van der Waals surface area contributed by atoms with E-state index in [1.54, 1.807) is 7.11 Å². The van der Waals surface area contributed by atoms with Gasteiger partial charge in [-0.2, -0.15) is 0 Å². The van der Waals surface area contributed by atoms with Crippen molar-refractivity contribution in [3.8, 4) is 5.75 Å². The monoisotopic (exact) mass is 206 g/mol. The highest BCUT2D eigenvalue weighted by molar-refractivity contribution is 5.70. The quantitative estimate of drug-likeness (QED) is 0.821. The number of hydrogen-bond donors (Lipinski definition) is 1. The van der Waals surface area contributed by atoms with Crippen LogP contribution in [-0.2, 0) is 10.2 Å². The minimum atomic E-state index is -0.727. The average molecular weight is 206 g/mol. The highest BCUT2D eigenvalue weighted by Gasteiger charge is 2.45. The van der Waals surface area contributed by atoms with Crippen LogP contribution in [0.1, 0.15) is 24.8 Å². The number of benzene rings is 1. The third kappa shape index (κ3) is 1.96. The second-order valence-corrected chi connectivity index (χ2v) is 4.08. The molecule has 3 heteroatoms. The second-order valence-electron chi connectivity index (χ2n) is 4.08. The summed E-state index contributed by atoms with van der Waals surface area (Å²) in [7, 11) is 1.62. The Labute approximate surface area is 88.7 Å². The number of methoxy groups -OCH3 is 1. The van der Waals surface area contributed by atoms with Gasteiger partial charge in [0.15, 0.2) is 0 Å². The van der Waals surface area contributed by atoms with Crippen molar-refractivity contribution in [1.82, 2.24) is 0 Å². The van der Waals surface area contributed by atoms with E-state index < -0.39 is 5.97 Å². The van der Waals surface area contributed by atoms with Gasteiger partial charge in [0.05, 0.1) is 13.5 Å². The van der Waals surface area contributed by atoms with E-state index in [2.05, 4.69) is 0 Å². The lowest BCUT2D eigenvalue weighted by molar-refractivity contribution is -0.137. The number of rotatable bonds is 4. The van der Waals surface area contributed by atoms with Crippen molar-refractivity contribution in [3.63, 3.8) is 0 Å². The molecule has 0 atom stereocenters. The van der Waals surface area contributed by atoms with Crippen LogP contribution in [0.25, 0.3) is 0 Å². The summed E-state index contributed by atoms with van der Waals surface area (Å²) >= 11 is 0. The Morgan fingerprint density at radius 3 is 2.80 bits per heavy atom. The van der Waals surface area contributed by atoms with Crippen molar-refractivity contribution in [2.24, 2.45) is 0 Å². The molecule has 1 aliphatic carbocycles. The van der Waals surface area contributed by atoms with Crippen molar-refractivity contribution in [1.29, 1.82) is 0 Å². The van der Waals surface area contributed by atoms with Gasteiger partial charge in [0, 0.05) is 5.41 Å². The molecule has 0 aliphatic heterocycles. The molecule has 1 aromatic rings. The fraction of sp³-hybridized carbons (Fsp3) is 0.417. The SMILES string of the molecule is COc1cccc(C2(CC(=O)O)CC2)c1. The minimum Gasteiger partial charge on any atom is -0.497 e. The summed E-state index contributed by atoms with van der Waals surface area (Å²) in [5.41, 5.74) is 0.963. The zero-order chi connectivity index (χ0) is 10.9. The molecule has 0 radical (unpaired) electrons. The molecule has 3 nitrogen and oxygen atoms in total. The van der Waals surface area contributed by atoms with E-state index in [0.29, 0.717) is 0 Å². The van der Waals surface area contributed by atoms with Gasteiger partial charge in [0.1, 0.15) is 5.75 Å². The zero-order valence-electron chi connectivity index (χ0n) is 8.69. The van der Waals surface area contributed by atoms with E-state index in [1.807, 2.05) is 24.3 Å². The molecule has 1 aromatic carbocycles. The van der Waals surface area contributed by atoms with Gasteiger partial charge in [-0.05, 0) is 30.5 Å². The smallest absolute Gasteiger partial charge is 0.304 e. The molecule has 0 aromatic heterocycles. The molecule has 15 heavy (non-hydrogen) atoms.